The van der Waals surface area contributed by atoms with Gasteiger partial charge in [0.05, 0.1) is 0 Å². The third kappa shape index (κ3) is 3.55. The summed E-state index contributed by atoms with van der Waals surface area (Å²) in [5.41, 5.74) is -0.668. The van der Waals surface area contributed by atoms with Crippen molar-refractivity contribution >= 4 is 17.8 Å². The Bertz CT molecular complexity index is 356. The smallest absolute Gasteiger partial charge is 0.304 e. The molecular weight excluding hydrogens is 234 g/mol. The number of nitrogens with zero attached hydrogens (tertiary/aromatic N) is 1. The number of likely N-dealkylation sites (tertiary alicyclic amines) is 1. The third-order valence-electron chi connectivity index (χ3n) is 2.81. The average molecular weight is 255 g/mol. The Kier molecular flexibility index (Phi) is 4.48. The van der Waals surface area contributed by atoms with Gasteiger partial charge in [0.15, 0.2) is 6.23 Å². The molecule has 2 amide bonds. The van der Waals surface area contributed by atoms with Crippen LogP contribution >= 0.6 is 0 Å². The highest BCUT2D eigenvalue weighted by Crippen LogP contribution is 2.25. The average Bonchev–Trinajstić information content (AvgIpc) is 2.37. The SMILES string of the molecule is CC(=O)OC1CCCCC(=O)N1C(=O)C(C)(C)C. The number of hydrogen-bond acceptors (Lipinski definition) is 4. The lowest BCUT2D eigenvalue weighted by Gasteiger charge is -2.32. The first-order valence-electron chi connectivity index (χ1n) is 6.27. The molecule has 0 N–H and O–H groups in total. The number of amides is 2. The summed E-state index contributed by atoms with van der Waals surface area (Å²) in [6.07, 6.45) is 1.61. The second-order valence-corrected chi connectivity index (χ2v) is 5.63. The van der Waals surface area contributed by atoms with Crippen molar-refractivity contribution in [2.45, 2.75) is 59.6 Å². The summed E-state index contributed by atoms with van der Waals surface area (Å²) in [6, 6.07) is 0. The van der Waals surface area contributed by atoms with Crippen LogP contribution in [0.4, 0.5) is 0 Å². The van der Waals surface area contributed by atoms with Gasteiger partial charge in [-0.1, -0.05) is 20.8 Å². The number of esters is 1. The van der Waals surface area contributed by atoms with E-state index in [0.717, 1.165) is 17.7 Å². The van der Waals surface area contributed by atoms with Crippen LogP contribution in [0.3, 0.4) is 0 Å². The fraction of sp³-hybridized carbons (Fsp3) is 0.769. The molecule has 1 aliphatic heterocycles. The minimum atomic E-state index is -0.746. The van der Waals surface area contributed by atoms with Gasteiger partial charge >= 0.3 is 5.97 Å². The van der Waals surface area contributed by atoms with E-state index in [2.05, 4.69) is 0 Å². The molecule has 5 nitrogen and oxygen atoms in total. The van der Waals surface area contributed by atoms with Gasteiger partial charge in [-0.05, 0) is 12.8 Å². The lowest BCUT2D eigenvalue weighted by atomic mass is 9.94. The molecule has 5 heteroatoms. The van der Waals surface area contributed by atoms with Crippen molar-refractivity contribution in [1.82, 2.24) is 4.90 Å². The summed E-state index contributed by atoms with van der Waals surface area (Å²) in [7, 11) is 0. The van der Waals surface area contributed by atoms with E-state index in [-0.39, 0.29) is 11.8 Å². The topological polar surface area (TPSA) is 63.7 Å². The van der Waals surface area contributed by atoms with Gasteiger partial charge in [0, 0.05) is 25.2 Å². The Morgan fingerprint density at radius 3 is 2.39 bits per heavy atom. The van der Waals surface area contributed by atoms with Crippen molar-refractivity contribution in [1.29, 1.82) is 0 Å². The quantitative estimate of drug-likeness (QED) is 0.671. The van der Waals surface area contributed by atoms with E-state index in [0.29, 0.717) is 12.8 Å². The lowest BCUT2D eigenvalue weighted by Crippen LogP contribution is -2.50. The maximum atomic E-state index is 12.3. The van der Waals surface area contributed by atoms with Crippen LogP contribution in [0.2, 0.25) is 0 Å². The summed E-state index contributed by atoms with van der Waals surface area (Å²) >= 11 is 0. The maximum absolute atomic E-state index is 12.3. The van der Waals surface area contributed by atoms with Crippen LogP contribution in [0.5, 0.6) is 0 Å². The predicted molar refractivity (Wildman–Crippen MR) is 65.3 cm³/mol. The molecule has 1 saturated heterocycles. The summed E-state index contributed by atoms with van der Waals surface area (Å²) in [5, 5.41) is 0. The Hall–Kier alpha value is -1.39. The van der Waals surface area contributed by atoms with Crippen molar-refractivity contribution in [2.24, 2.45) is 5.41 Å². The molecule has 0 aromatic heterocycles. The highest BCUT2D eigenvalue weighted by Gasteiger charge is 2.38. The minimum Gasteiger partial charge on any atom is -0.441 e. The van der Waals surface area contributed by atoms with Crippen LogP contribution in [0.15, 0.2) is 0 Å². The van der Waals surface area contributed by atoms with Crippen molar-refractivity contribution in [3.8, 4) is 0 Å². The highest BCUT2D eigenvalue weighted by atomic mass is 16.6. The number of ether oxygens (including phenoxy) is 1. The summed E-state index contributed by atoms with van der Waals surface area (Å²) in [6.45, 7) is 6.53. The monoisotopic (exact) mass is 255 g/mol. The molecule has 102 valence electrons. The summed E-state index contributed by atoms with van der Waals surface area (Å²) in [5.74, 6) is -1.01. The van der Waals surface area contributed by atoms with Gasteiger partial charge in [-0.3, -0.25) is 14.4 Å². The fourth-order valence-corrected chi connectivity index (χ4v) is 1.91. The van der Waals surface area contributed by atoms with Gasteiger partial charge in [-0.2, -0.15) is 0 Å². The Morgan fingerprint density at radius 1 is 1.28 bits per heavy atom. The largest absolute Gasteiger partial charge is 0.441 e. The van der Waals surface area contributed by atoms with Crippen molar-refractivity contribution < 1.29 is 19.1 Å². The second-order valence-electron chi connectivity index (χ2n) is 5.63. The van der Waals surface area contributed by atoms with Gasteiger partial charge in [0.25, 0.3) is 0 Å². The van der Waals surface area contributed by atoms with E-state index in [1.165, 1.54) is 6.92 Å². The molecule has 1 rings (SSSR count). The zero-order chi connectivity index (χ0) is 13.9. The van der Waals surface area contributed by atoms with E-state index < -0.39 is 17.6 Å². The number of imide groups is 1. The number of rotatable bonds is 1. The molecule has 0 saturated carbocycles. The van der Waals surface area contributed by atoms with Crippen molar-refractivity contribution in [3.05, 3.63) is 0 Å². The zero-order valence-electron chi connectivity index (χ0n) is 11.5. The molecule has 0 aromatic carbocycles. The number of hydrogen-bond donors (Lipinski definition) is 0. The molecule has 0 aliphatic carbocycles. The molecule has 0 bridgehead atoms. The Morgan fingerprint density at radius 2 is 1.89 bits per heavy atom. The van der Waals surface area contributed by atoms with Gasteiger partial charge < -0.3 is 4.74 Å². The predicted octanol–water partition coefficient (Wildman–Crippen LogP) is 1.85. The van der Waals surface area contributed by atoms with Crippen LogP contribution in [0.25, 0.3) is 0 Å². The molecule has 1 aliphatic rings. The molecule has 1 heterocycles. The Labute approximate surface area is 107 Å². The van der Waals surface area contributed by atoms with Gasteiger partial charge in [-0.25, -0.2) is 4.90 Å². The van der Waals surface area contributed by atoms with E-state index in [4.69, 9.17) is 4.74 Å². The zero-order valence-corrected chi connectivity index (χ0v) is 11.5. The normalized spacial score (nSPS) is 21.4. The lowest BCUT2D eigenvalue weighted by molar-refractivity contribution is -0.172. The van der Waals surface area contributed by atoms with Crippen LogP contribution in [-0.2, 0) is 19.1 Å². The van der Waals surface area contributed by atoms with Crippen LogP contribution < -0.4 is 0 Å². The first kappa shape index (κ1) is 14.7. The number of carbonyl (C=O) groups excluding carboxylic acids is 3. The molecule has 0 aromatic rings. The van der Waals surface area contributed by atoms with Gasteiger partial charge in [0.2, 0.25) is 11.8 Å². The van der Waals surface area contributed by atoms with E-state index in [1.807, 2.05) is 0 Å². The number of carbonyl (C=O) groups is 3. The highest BCUT2D eigenvalue weighted by molar-refractivity contribution is 5.98. The van der Waals surface area contributed by atoms with Gasteiger partial charge in [0.1, 0.15) is 0 Å². The first-order chi connectivity index (χ1) is 8.23. The van der Waals surface area contributed by atoms with Crippen LogP contribution in [-0.4, -0.2) is 28.9 Å². The van der Waals surface area contributed by atoms with Crippen molar-refractivity contribution in [3.63, 3.8) is 0 Å². The molecular formula is C13H21NO4. The van der Waals surface area contributed by atoms with Crippen LogP contribution in [0.1, 0.15) is 53.4 Å². The molecule has 0 radical (unpaired) electrons. The molecule has 18 heavy (non-hydrogen) atoms. The molecule has 1 unspecified atom stereocenters. The molecule has 0 spiro atoms. The standard InChI is InChI=1S/C13H21NO4/c1-9(15)18-11-8-6-5-7-10(16)14(11)12(17)13(2,3)4/h11H,5-8H2,1-4H3. The fourth-order valence-electron chi connectivity index (χ4n) is 1.91. The van der Waals surface area contributed by atoms with Crippen molar-refractivity contribution in [2.75, 3.05) is 0 Å². The summed E-state index contributed by atoms with van der Waals surface area (Å²) in [4.78, 5) is 36.5. The van der Waals surface area contributed by atoms with E-state index >= 15 is 0 Å². The molecule has 1 atom stereocenters. The first-order valence-corrected chi connectivity index (χ1v) is 6.27. The third-order valence-corrected chi connectivity index (χ3v) is 2.81. The Balaban J connectivity index is 2.99. The maximum Gasteiger partial charge on any atom is 0.304 e. The van der Waals surface area contributed by atoms with E-state index in [1.54, 1.807) is 20.8 Å². The summed E-state index contributed by atoms with van der Waals surface area (Å²) < 4.78 is 5.12. The van der Waals surface area contributed by atoms with E-state index in [9.17, 15) is 14.4 Å². The molecule has 1 fully saturated rings. The van der Waals surface area contributed by atoms with Gasteiger partial charge in [-0.15, -0.1) is 0 Å². The second kappa shape index (κ2) is 5.50. The minimum absolute atomic E-state index is 0.251. The van der Waals surface area contributed by atoms with Crippen LogP contribution in [0, 0.1) is 5.41 Å².